The standard InChI is InChI=1S/C15H11BrCl2N2O3/c1-8-11(17)6-12(18)14(19-8)20-13(21)7-23-15(22)9-4-2-3-5-10(9)16/h2-6H,7H2,1H3,(H,19,20,21). The Morgan fingerprint density at radius 2 is 1.96 bits per heavy atom. The van der Waals surface area contributed by atoms with Gasteiger partial charge in [0.2, 0.25) is 0 Å². The number of amides is 1. The fourth-order valence-corrected chi connectivity index (χ4v) is 2.50. The number of carbonyl (C=O) groups is 2. The monoisotopic (exact) mass is 416 g/mol. The van der Waals surface area contributed by atoms with Gasteiger partial charge in [0.05, 0.1) is 21.3 Å². The van der Waals surface area contributed by atoms with Crippen molar-refractivity contribution in [2.75, 3.05) is 11.9 Å². The van der Waals surface area contributed by atoms with Crippen LogP contribution in [0.25, 0.3) is 0 Å². The van der Waals surface area contributed by atoms with Crippen molar-refractivity contribution in [1.29, 1.82) is 0 Å². The summed E-state index contributed by atoms with van der Waals surface area (Å²) in [5.74, 6) is -1.00. The van der Waals surface area contributed by atoms with E-state index in [1.54, 1.807) is 31.2 Å². The zero-order valence-corrected chi connectivity index (χ0v) is 15.0. The molecule has 1 N–H and O–H groups in total. The average molecular weight is 418 g/mol. The number of carbonyl (C=O) groups excluding carboxylic acids is 2. The molecule has 0 aliphatic carbocycles. The lowest BCUT2D eigenvalue weighted by atomic mass is 10.2. The lowest BCUT2D eigenvalue weighted by Crippen LogP contribution is -2.22. The minimum absolute atomic E-state index is 0.163. The van der Waals surface area contributed by atoms with Crippen LogP contribution in [0.4, 0.5) is 5.82 Å². The van der Waals surface area contributed by atoms with Gasteiger partial charge in [-0.15, -0.1) is 0 Å². The molecule has 0 spiro atoms. The van der Waals surface area contributed by atoms with Crippen molar-refractivity contribution in [2.45, 2.75) is 6.92 Å². The molecule has 0 aliphatic rings. The first-order valence-electron chi connectivity index (χ1n) is 6.42. The van der Waals surface area contributed by atoms with Crippen molar-refractivity contribution in [2.24, 2.45) is 0 Å². The van der Waals surface area contributed by atoms with E-state index in [4.69, 9.17) is 27.9 Å². The molecular formula is C15H11BrCl2N2O3. The molecule has 2 rings (SSSR count). The third-order valence-electron chi connectivity index (χ3n) is 2.79. The van der Waals surface area contributed by atoms with Crippen molar-refractivity contribution in [3.8, 4) is 0 Å². The Labute approximate surface area is 151 Å². The normalized spacial score (nSPS) is 10.3. The first-order valence-corrected chi connectivity index (χ1v) is 7.97. The molecule has 0 unspecified atom stereocenters. The van der Waals surface area contributed by atoms with Gasteiger partial charge >= 0.3 is 5.97 Å². The van der Waals surface area contributed by atoms with E-state index < -0.39 is 18.5 Å². The molecular weight excluding hydrogens is 407 g/mol. The van der Waals surface area contributed by atoms with E-state index in [9.17, 15) is 9.59 Å². The molecule has 5 nitrogen and oxygen atoms in total. The number of benzene rings is 1. The number of aryl methyl sites for hydroxylation is 1. The Balaban J connectivity index is 1.97. The molecule has 1 aromatic heterocycles. The van der Waals surface area contributed by atoms with Crippen LogP contribution in [0.3, 0.4) is 0 Å². The SMILES string of the molecule is Cc1nc(NC(=O)COC(=O)c2ccccc2Br)c(Cl)cc1Cl. The molecule has 0 bridgehead atoms. The number of nitrogens with one attached hydrogen (secondary N) is 1. The number of rotatable bonds is 4. The number of aromatic nitrogens is 1. The molecule has 0 aliphatic heterocycles. The fraction of sp³-hybridized carbons (Fsp3) is 0.133. The topological polar surface area (TPSA) is 68.3 Å². The molecule has 1 heterocycles. The summed E-state index contributed by atoms with van der Waals surface area (Å²) < 4.78 is 5.55. The van der Waals surface area contributed by atoms with Gasteiger partial charge < -0.3 is 10.1 Å². The van der Waals surface area contributed by atoms with E-state index >= 15 is 0 Å². The van der Waals surface area contributed by atoms with E-state index in [0.717, 1.165) is 0 Å². The molecule has 2 aromatic rings. The zero-order valence-electron chi connectivity index (χ0n) is 11.9. The fourth-order valence-electron chi connectivity index (χ4n) is 1.65. The quantitative estimate of drug-likeness (QED) is 0.754. The van der Waals surface area contributed by atoms with Gasteiger partial charge in [0, 0.05) is 4.47 Å². The van der Waals surface area contributed by atoms with E-state index in [1.807, 2.05) is 0 Å². The maximum atomic E-state index is 11.9. The maximum absolute atomic E-state index is 11.9. The largest absolute Gasteiger partial charge is 0.452 e. The van der Waals surface area contributed by atoms with Crippen LogP contribution in [0.15, 0.2) is 34.8 Å². The van der Waals surface area contributed by atoms with Crippen LogP contribution >= 0.6 is 39.1 Å². The highest BCUT2D eigenvalue weighted by atomic mass is 79.9. The Hall–Kier alpha value is -1.63. The molecule has 0 fully saturated rings. The van der Waals surface area contributed by atoms with Gasteiger partial charge in [0.15, 0.2) is 12.4 Å². The van der Waals surface area contributed by atoms with Crippen LogP contribution in [0.1, 0.15) is 16.1 Å². The van der Waals surface area contributed by atoms with Crippen LogP contribution in [-0.4, -0.2) is 23.5 Å². The second-order valence-electron chi connectivity index (χ2n) is 4.49. The van der Waals surface area contributed by atoms with E-state index in [1.165, 1.54) is 6.07 Å². The van der Waals surface area contributed by atoms with Gasteiger partial charge in [-0.2, -0.15) is 0 Å². The van der Waals surface area contributed by atoms with Crippen molar-refractivity contribution < 1.29 is 14.3 Å². The number of halogens is 3. The third-order valence-corrected chi connectivity index (χ3v) is 4.15. The highest BCUT2D eigenvalue weighted by Crippen LogP contribution is 2.25. The van der Waals surface area contributed by atoms with E-state index in [2.05, 4.69) is 26.2 Å². The van der Waals surface area contributed by atoms with Crippen LogP contribution in [0.2, 0.25) is 10.0 Å². The van der Waals surface area contributed by atoms with E-state index in [-0.39, 0.29) is 10.8 Å². The number of nitrogens with zero attached hydrogens (tertiary/aromatic N) is 1. The third kappa shape index (κ3) is 4.67. The zero-order chi connectivity index (χ0) is 17.0. The first-order chi connectivity index (χ1) is 10.9. The van der Waals surface area contributed by atoms with Crippen molar-refractivity contribution in [3.63, 3.8) is 0 Å². The highest BCUT2D eigenvalue weighted by molar-refractivity contribution is 9.10. The van der Waals surface area contributed by atoms with Gasteiger partial charge in [0.25, 0.3) is 5.91 Å². The van der Waals surface area contributed by atoms with Crippen molar-refractivity contribution in [3.05, 3.63) is 56.1 Å². The molecule has 0 saturated carbocycles. The number of anilines is 1. The predicted molar refractivity (Wildman–Crippen MR) is 92.0 cm³/mol. The maximum Gasteiger partial charge on any atom is 0.339 e. The number of esters is 1. The Kier molecular flexibility index (Phi) is 5.98. The Morgan fingerprint density at radius 1 is 1.26 bits per heavy atom. The molecule has 23 heavy (non-hydrogen) atoms. The molecule has 0 saturated heterocycles. The van der Waals surface area contributed by atoms with Gasteiger partial charge in [-0.05, 0) is 41.1 Å². The molecule has 8 heteroatoms. The van der Waals surface area contributed by atoms with Crippen molar-refractivity contribution in [1.82, 2.24) is 4.98 Å². The van der Waals surface area contributed by atoms with Gasteiger partial charge in [-0.25, -0.2) is 9.78 Å². The molecule has 0 atom stereocenters. The molecule has 1 amide bonds. The number of ether oxygens (including phenoxy) is 1. The predicted octanol–water partition coefficient (Wildman–Crippen LogP) is 4.25. The summed E-state index contributed by atoms with van der Waals surface area (Å²) in [6.07, 6.45) is 0. The number of hydrogen-bond donors (Lipinski definition) is 1. The second kappa shape index (κ2) is 7.77. The average Bonchev–Trinajstić information content (AvgIpc) is 2.51. The van der Waals surface area contributed by atoms with E-state index in [0.29, 0.717) is 20.8 Å². The summed E-state index contributed by atoms with van der Waals surface area (Å²) >= 11 is 15.1. The number of pyridine rings is 1. The summed E-state index contributed by atoms with van der Waals surface area (Å²) in [7, 11) is 0. The first kappa shape index (κ1) is 17.7. The smallest absolute Gasteiger partial charge is 0.339 e. The highest BCUT2D eigenvalue weighted by Gasteiger charge is 2.14. The number of hydrogen-bond acceptors (Lipinski definition) is 4. The van der Waals surface area contributed by atoms with Crippen LogP contribution < -0.4 is 5.32 Å². The second-order valence-corrected chi connectivity index (χ2v) is 6.16. The van der Waals surface area contributed by atoms with Crippen LogP contribution in [0.5, 0.6) is 0 Å². The summed E-state index contributed by atoms with van der Waals surface area (Å²) in [5, 5.41) is 3.07. The Morgan fingerprint density at radius 3 is 2.65 bits per heavy atom. The van der Waals surface area contributed by atoms with Gasteiger partial charge in [0.1, 0.15) is 0 Å². The van der Waals surface area contributed by atoms with Gasteiger partial charge in [-0.1, -0.05) is 35.3 Å². The summed E-state index contributed by atoms with van der Waals surface area (Å²) in [4.78, 5) is 27.8. The molecule has 0 radical (unpaired) electrons. The van der Waals surface area contributed by atoms with Crippen LogP contribution in [0, 0.1) is 6.92 Å². The lowest BCUT2D eigenvalue weighted by Gasteiger charge is -2.09. The molecule has 120 valence electrons. The lowest BCUT2D eigenvalue weighted by molar-refractivity contribution is -0.119. The minimum atomic E-state index is -0.612. The molecule has 1 aromatic carbocycles. The van der Waals surface area contributed by atoms with Crippen LogP contribution in [-0.2, 0) is 9.53 Å². The Bertz CT molecular complexity index is 768. The summed E-state index contributed by atoms with van der Waals surface area (Å²) in [6.45, 7) is 1.22. The van der Waals surface area contributed by atoms with Crippen molar-refractivity contribution >= 4 is 56.8 Å². The minimum Gasteiger partial charge on any atom is -0.452 e. The van der Waals surface area contributed by atoms with Gasteiger partial charge in [-0.3, -0.25) is 4.79 Å². The summed E-state index contributed by atoms with van der Waals surface area (Å²) in [5.41, 5.74) is 0.857. The summed E-state index contributed by atoms with van der Waals surface area (Å²) in [6, 6.07) is 8.24.